The first-order chi connectivity index (χ1) is 9.65. The van der Waals surface area contributed by atoms with Gasteiger partial charge >= 0.3 is 0 Å². The molecule has 0 bridgehead atoms. The van der Waals surface area contributed by atoms with Crippen LogP contribution in [0.15, 0.2) is 40.8 Å². The van der Waals surface area contributed by atoms with E-state index in [1.807, 2.05) is 13.0 Å². The zero-order valence-electron chi connectivity index (χ0n) is 10.7. The average Bonchev–Trinajstić information content (AvgIpc) is 2.90. The molecular weight excluding hydrogens is 277 g/mol. The van der Waals surface area contributed by atoms with Crippen molar-refractivity contribution in [1.29, 1.82) is 0 Å². The van der Waals surface area contributed by atoms with Crippen molar-refractivity contribution in [2.24, 2.45) is 5.73 Å². The minimum atomic E-state index is -0.309. The molecule has 0 aliphatic heterocycles. The van der Waals surface area contributed by atoms with Gasteiger partial charge < -0.3 is 10.7 Å². The first-order valence-electron chi connectivity index (χ1n) is 6.02. The number of nitrogens with zero attached hydrogens (tertiary/aromatic N) is 3. The molecule has 2 aromatic heterocycles. The second kappa shape index (κ2) is 5.18. The molecule has 3 N–H and O–H groups in total. The topological polar surface area (TPSA) is 80.5 Å². The summed E-state index contributed by atoms with van der Waals surface area (Å²) < 4.78 is 14.1. The Hall–Kier alpha value is -1.99. The van der Waals surface area contributed by atoms with E-state index in [-0.39, 0.29) is 11.9 Å². The lowest BCUT2D eigenvalue weighted by Gasteiger charge is -2.08. The first-order valence-corrected chi connectivity index (χ1v) is 6.84. The fraction of sp³-hybridized carbons (Fsp3) is 0.154. The molecule has 0 aliphatic rings. The summed E-state index contributed by atoms with van der Waals surface area (Å²) in [6, 6.07) is 4.80. The lowest BCUT2D eigenvalue weighted by atomic mass is 10.1. The van der Waals surface area contributed by atoms with E-state index < -0.39 is 0 Å². The predicted octanol–water partition coefficient (Wildman–Crippen LogP) is 2.66. The molecule has 0 spiro atoms. The van der Waals surface area contributed by atoms with Crippen molar-refractivity contribution in [3.05, 3.63) is 42.2 Å². The van der Waals surface area contributed by atoms with Crippen LogP contribution in [-0.2, 0) is 0 Å². The van der Waals surface area contributed by atoms with Gasteiger partial charge in [0, 0.05) is 10.9 Å². The van der Waals surface area contributed by atoms with Crippen LogP contribution in [0.25, 0.3) is 11.2 Å². The van der Waals surface area contributed by atoms with Gasteiger partial charge in [-0.15, -0.1) is 0 Å². The van der Waals surface area contributed by atoms with Gasteiger partial charge in [-0.3, -0.25) is 0 Å². The maximum Gasteiger partial charge on any atom is 0.181 e. The molecule has 1 atom stereocenters. The highest BCUT2D eigenvalue weighted by Crippen LogP contribution is 2.32. The molecular formula is C13H12FN5S. The normalized spacial score (nSPS) is 12.8. The Morgan fingerprint density at radius 2 is 2.15 bits per heavy atom. The number of benzene rings is 1. The van der Waals surface area contributed by atoms with Crippen LogP contribution < -0.4 is 5.73 Å². The van der Waals surface area contributed by atoms with Crippen molar-refractivity contribution >= 4 is 22.9 Å². The third-order valence-electron chi connectivity index (χ3n) is 2.88. The molecule has 102 valence electrons. The van der Waals surface area contributed by atoms with Gasteiger partial charge in [-0.05, 0) is 24.6 Å². The van der Waals surface area contributed by atoms with Crippen molar-refractivity contribution < 1.29 is 4.39 Å². The van der Waals surface area contributed by atoms with E-state index in [1.165, 1.54) is 24.2 Å². The monoisotopic (exact) mass is 289 g/mol. The molecule has 1 aromatic carbocycles. The highest BCUT2D eigenvalue weighted by atomic mass is 32.2. The van der Waals surface area contributed by atoms with Gasteiger partial charge in [-0.1, -0.05) is 17.8 Å². The van der Waals surface area contributed by atoms with Gasteiger partial charge in [0.25, 0.3) is 0 Å². The third-order valence-corrected chi connectivity index (χ3v) is 3.93. The lowest BCUT2D eigenvalue weighted by Crippen LogP contribution is -2.05. The number of rotatable bonds is 3. The Labute approximate surface area is 118 Å². The standard InChI is InChI=1S/C13H12FN5S/c1-7(15)8-2-3-10(9(14)4-8)20-13-11-12(17-5-16-11)18-6-19-13/h2-7H,15H2,1H3,(H,16,17,18,19)/t7-/m1/s1. The van der Waals surface area contributed by atoms with E-state index in [2.05, 4.69) is 19.9 Å². The second-order valence-corrected chi connectivity index (χ2v) is 5.39. The van der Waals surface area contributed by atoms with E-state index >= 15 is 0 Å². The quantitative estimate of drug-likeness (QED) is 0.724. The second-order valence-electron chi connectivity index (χ2n) is 4.36. The molecule has 0 saturated heterocycles. The summed E-state index contributed by atoms with van der Waals surface area (Å²) in [6.07, 6.45) is 2.96. The molecule has 3 rings (SSSR count). The maximum atomic E-state index is 14.1. The average molecular weight is 289 g/mol. The first kappa shape index (κ1) is 13.0. The van der Waals surface area contributed by atoms with Crippen LogP contribution in [0, 0.1) is 5.82 Å². The minimum absolute atomic E-state index is 0.193. The molecule has 2 heterocycles. The summed E-state index contributed by atoms with van der Waals surface area (Å²) in [5, 5.41) is 0.639. The summed E-state index contributed by atoms with van der Waals surface area (Å²) in [6.45, 7) is 1.82. The Morgan fingerprint density at radius 3 is 2.90 bits per heavy atom. The fourth-order valence-corrected chi connectivity index (χ4v) is 2.66. The molecule has 7 heteroatoms. The van der Waals surface area contributed by atoms with Crippen LogP contribution in [0.3, 0.4) is 0 Å². The van der Waals surface area contributed by atoms with Crippen molar-refractivity contribution in [3.63, 3.8) is 0 Å². The molecule has 0 radical (unpaired) electrons. The summed E-state index contributed by atoms with van der Waals surface area (Å²) in [5.41, 5.74) is 7.77. The number of nitrogens with two attached hydrogens (primary N) is 1. The molecule has 0 amide bonds. The van der Waals surface area contributed by atoms with E-state index in [0.717, 1.165) is 5.56 Å². The van der Waals surface area contributed by atoms with Gasteiger partial charge in [-0.2, -0.15) is 0 Å². The number of halogens is 1. The number of imidazole rings is 1. The number of hydrogen-bond donors (Lipinski definition) is 2. The maximum absolute atomic E-state index is 14.1. The zero-order valence-corrected chi connectivity index (χ0v) is 11.5. The molecule has 5 nitrogen and oxygen atoms in total. The largest absolute Gasteiger partial charge is 0.341 e. The number of nitrogens with one attached hydrogen (secondary N) is 1. The van der Waals surface area contributed by atoms with Gasteiger partial charge in [0.05, 0.1) is 6.33 Å². The number of fused-ring (bicyclic) bond motifs is 1. The summed E-state index contributed by atoms with van der Waals surface area (Å²) in [7, 11) is 0. The van der Waals surface area contributed by atoms with Crippen LogP contribution in [0.2, 0.25) is 0 Å². The number of aromatic amines is 1. The molecule has 0 saturated carbocycles. The van der Waals surface area contributed by atoms with Crippen molar-refractivity contribution in [2.45, 2.75) is 22.9 Å². The Kier molecular flexibility index (Phi) is 3.37. The number of H-pyrrole nitrogens is 1. The van der Waals surface area contributed by atoms with E-state index in [9.17, 15) is 4.39 Å². The van der Waals surface area contributed by atoms with Crippen molar-refractivity contribution in [3.8, 4) is 0 Å². The molecule has 3 aromatic rings. The van der Waals surface area contributed by atoms with Gasteiger partial charge in [0.1, 0.15) is 22.7 Å². The number of aromatic nitrogens is 4. The Bertz CT molecular complexity index is 755. The van der Waals surface area contributed by atoms with Crippen LogP contribution in [0.1, 0.15) is 18.5 Å². The minimum Gasteiger partial charge on any atom is -0.341 e. The Balaban J connectivity index is 1.97. The van der Waals surface area contributed by atoms with Gasteiger partial charge in [0.15, 0.2) is 5.65 Å². The third kappa shape index (κ3) is 2.37. The molecule has 0 fully saturated rings. The lowest BCUT2D eigenvalue weighted by molar-refractivity contribution is 0.596. The van der Waals surface area contributed by atoms with Gasteiger partial charge in [0.2, 0.25) is 0 Å². The molecule has 0 aliphatic carbocycles. The van der Waals surface area contributed by atoms with Crippen LogP contribution in [0.4, 0.5) is 4.39 Å². The van der Waals surface area contributed by atoms with Crippen molar-refractivity contribution in [1.82, 2.24) is 19.9 Å². The SMILES string of the molecule is C[C@@H](N)c1ccc(Sc2ncnc3nc[nH]c23)c(F)c1. The summed E-state index contributed by atoms with van der Waals surface area (Å²) in [5.74, 6) is -0.309. The molecule has 20 heavy (non-hydrogen) atoms. The zero-order chi connectivity index (χ0) is 14.1. The molecule has 0 unspecified atom stereocenters. The van der Waals surface area contributed by atoms with Crippen molar-refractivity contribution in [2.75, 3.05) is 0 Å². The van der Waals surface area contributed by atoms with E-state index in [0.29, 0.717) is 21.1 Å². The highest BCUT2D eigenvalue weighted by Gasteiger charge is 2.12. The fourth-order valence-electron chi connectivity index (χ4n) is 1.81. The van der Waals surface area contributed by atoms with Crippen LogP contribution in [0.5, 0.6) is 0 Å². The Morgan fingerprint density at radius 1 is 1.30 bits per heavy atom. The number of hydrogen-bond acceptors (Lipinski definition) is 5. The summed E-state index contributed by atoms with van der Waals surface area (Å²) >= 11 is 1.23. The van der Waals surface area contributed by atoms with Crippen LogP contribution >= 0.6 is 11.8 Å². The predicted molar refractivity (Wildman–Crippen MR) is 74.8 cm³/mol. The van der Waals surface area contributed by atoms with Gasteiger partial charge in [-0.25, -0.2) is 19.3 Å². The summed E-state index contributed by atoms with van der Waals surface area (Å²) in [4.78, 5) is 15.7. The smallest absolute Gasteiger partial charge is 0.181 e. The van der Waals surface area contributed by atoms with E-state index in [1.54, 1.807) is 12.4 Å². The van der Waals surface area contributed by atoms with E-state index in [4.69, 9.17) is 5.73 Å². The highest BCUT2D eigenvalue weighted by molar-refractivity contribution is 7.99. The van der Waals surface area contributed by atoms with Crippen LogP contribution in [-0.4, -0.2) is 19.9 Å².